The summed E-state index contributed by atoms with van der Waals surface area (Å²) >= 11 is 0. The van der Waals surface area contributed by atoms with E-state index in [2.05, 4.69) is 69.2 Å². The molecule has 0 aliphatic heterocycles. The lowest BCUT2D eigenvalue weighted by atomic mass is 9.82. The van der Waals surface area contributed by atoms with E-state index in [1.807, 2.05) is 0 Å². The van der Waals surface area contributed by atoms with Crippen molar-refractivity contribution in [3.63, 3.8) is 0 Å². The third-order valence-electron chi connectivity index (χ3n) is 27.2. The minimum atomic E-state index is -0.513. The molecule has 0 bridgehead atoms. The molecule has 4 aromatic rings. The summed E-state index contributed by atoms with van der Waals surface area (Å²) in [5.41, 5.74) is 1.15. The maximum absolute atomic E-state index is 16.1. The second kappa shape index (κ2) is 77.5. The zero-order valence-corrected chi connectivity index (χ0v) is 89.0. The molecule has 0 spiro atoms. The topological polar surface area (TPSA) is 196 Å². The van der Waals surface area contributed by atoms with Gasteiger partial charge in [0.1, 0.15) is 0 Å². The van der Waals surface area contributed by atoms with E-state index in [9.17, 15) is 4.79 Å². The van der Waals surface area contributed by atoms with E-state index < -0.39 is 17.5 Å². The van der Waals surface area contributed by atoms with Gasteiger partial charge in [0.25, 0.3) is 0 Å². The summed E-state index contributed by atoms with van der Waals surface area (Å²) in [5, 5.41) is 0. The fourth-order valence-electron chi connectivity index (χ4n) is 18.7. The van der Waals surface area contributed by atoms with E-state index in [0.717, 1.165) is 340 Å². The fraction of sp³-hybridized carbons (Fsp3) is 0.758. The highest BCUT2D eigenvalue weighted by Crippen LogP contribution is 2.54. The molecule has 2 aliphatic rings. The summed E-state index contributed by atoms with van der Waals surface area (Å²) < 4.78 is 81.7. The van der Waals surface area contributed by atoms with Crippen molar-refractivity contribution in [1.82, 2.24) is 0 Å². The summed E-state index contributed by atoms with van der Waals surface area (Å²) in [6.45, 7) is 26.3. The van der Waals surface area contributed by atoms with Crippen LogP contribution in [0.25, 0.3) is 0 Å². The Morgan fingerprint density at radius 1 is 0.168 bits per heavy atom. The molecule has 0 saturated heterocycles. The fourth-order valence-corrected chi connectivity index (χ4v) is 18.7. The number of hydrogen-bond donors (Lipinski definition) is 0. The van der Waals surface area contributed by atoms with Gasteiger partial charge in [-0.3, -0.25) is 24.0 Å². The van der Waals surface area contributed by atoms with Crippen molar-refractivity contribution < 1.29 is 80.8 Å². The summed E-state index contributed by atoms with van der Waals surface area (Å²) in [5.74, 6) is 1.39. The highest BCUT2D eigenvalue weighted by molar-refractivity contribution is 6.32. The highest BCUT2D eigenvalue weighted by Gasteiger charge is 2.44. The van der Waals surface area contributed by atoms with E-state index >= 15 is 19.2 Å². The molecule has 6 rings (SSSR count). The van der Waals surface area contributed by atoms with Gasteiger partial charge in [0.05, 0.1) is 94.9 Å². The molecular weight excluding hydrogens is 1710 g/mol. The molecule has 0 N–H and O–H groups in total. The van der Waals surface area contributed by atoms with E-state index in [4.69, 9.17) is 56.8 Å². The van der Waals surface area contributed by atoms with Gasteiger partial charge in [-0.15, -0.1) is 0 Å². The molecule has 778 valence electrons. The van der Waals surface area contributed by atoms with E-state index in [-0.39, 0.29) is 97.0 Å². The SMILES string of the molecule is CCCCCCCCOc1cc2c(c(OCCCCCCCC)c1OCCCCCCCC)C(=O)c1cc(OCCCCCCCC)c(OCCCCCCCC)c(OCCCCCCCCCCCC(=O)Oc3c(OCCCCCCCC)c(OCCCCCCCC)cc4c3C(=O)c3cc(OCCCCCCCC)c(OCCCCCCCC)c(OCCCCCCCC)c3C4=O)c1C2=O. The maximum atomic E-state index is 16.1. The molecular formula is C120H196O17. The summed E-state index contributed by atoms with van der Waals surface area (Å²) in [6.07, 6.45) is 71.8. The number of ether oxygens (including phenoxy) is 12. The number of esters is 1. The van der Waals surface area contributed by atoms with Gasteiger partial charge in [0.2, 0.25) is 23.0 Å². The molecule has 0 fully saturated rings. The minimum absolute atomic E-state index is 0.0146. The molecule has 0 saturated carbocycles. The third-order valence-corrected chi connectivity index (χ3v) is 27.2. The number of fused-ring (bicyclic) bond motifs is 4. The Kier molecular flexibility index (Phi) is 67.0. The van der Waals surface area contributed by atoms with Gasteiger partial charge >= 0.3 is 5.97 Å². The van der Waals surface area contributed by atoms with Crippen molar-refractivity contribution in [2.75, 3.05) is 72.7 Å². The molecule has 0 unspecified atom stereocenters. The number of hydrogen-bond acceptors (Lipinski definition) is 17. The highest BCUT2D eigenvalue weighted by atomic mass is 16.6. The van der Waals surface area contributed by atoms with Gasteiger partial charge in [-0.1, -0.05) is 435 Å². The van der Waals surface area contributed by atoms with Crippen molar-refractivity contribution in [3.05, 3.63) is 68.8 Å². The van der Waals surface area contributed by atoms with E-state index in [0.29, 0.717) is 120 Å². The Morgan fingerprint density at radius 3 is 0.489 bits per heavy atom. The number of unbranched alkanes of at least 4 members (excludes halogenated alkanes) is 58. The Hall–Kier alpha value is -7.17. The van der Waals surface area contributed by atoms with Crippen LogP contribution in [0.2, 0.25) is 0 Å². The predicted octanol–water partition coefficient (Wildman–Crippen LogP) is 35.5. The van der Waals surface area contributed by atoms with E-state index in [1.165, 1.54) is 89.9 Å². The first-order valence-electron chi connectivity index (χ1n) is 57.6. The van der Waals surface area contributed by atoms with Gasteiger partial charge < -0.3 is 56.8 Å². The number of benzene rings is 4. The van der Waals surface area contributed by atoms with Crippen molar-refractivity contribution in [3.8, 4) is 69.0 Å². The first-order chi connectivity index (χ1) is 67.4. The van der Waals surface area contributed by atoms with Crippen LogP contribution in [-0.2, 0) is 4.79 Å². The van der Waals surface area contributed by atoms with Crippen LogP contribution >= 0.6 is 0 Å². The van der Waals surface area contributed by atoms with Crippen LogP contribution < -0.4 is 56.8 Å². The van der Waals surface area contributed by atoms with Crippen molar-refractivity contribution in [2.45, 2.75) is 519 Å². The maximum Gasteiger partial charge on any atom is 0.311 e. The number of carbonyl (C=O) groups is 5. The number of ketones is 4. The van der Waals surface area contributed by atoms with Gasteiger partial charge in [-0.05, 0) is 101 Å². The largest absolute Gasteiger partial charge is 0.490 e. The molecule has 0 atom stereocenters. The zero-order chi connectivity index (χ0) is 98.0. The normalized spacial score (nSPS) is 12.1. The van der Waals surface area contributed by atoms with E-state index in [1.54, 1.807) is 24.3 Å². The lowest BCUT2D eigenvalue weighted by Gasteiger charge is -2.27. The van der Waals surface area contributed by atoms with Crippen molar-refractivity contribution in [2.24, 2.45) is 0 Å². The van der Waals surface area contributed by atoms with Crippen molar-refractivity contribution in [1.29, 1.82) is 0 Å². The van der Waals surface area contributed by atoms with Crippen LogP contribution in [0.1, 0.15) is 582 Å². The van der Waals surface area contributed by atoms with Crippen LogP contribution in [0.5, 0.6) is 69.0 Å². The lowest BCUT2D eigenvalue weighted by molar-refractivity contribution is -0.134. The molecule has 4 aromatic carbocycles. The van der Waals surface area contributed by atoms with Crippen LogP contribution in [0.15, 0.2) is 24.3 Å². The molecule has 17 nitrogen and oxygen atoms in total. The van der Waals surface area contributed by atoms with Crippen LogP contribution in [0, 0.1) is 0 Å². The second-order valence-electron chi connectivity index (χ2n) is 39.6. The predicted molar refractivity (Wildman–Crippen MR) is 566 cm³/mol. The first-order valence-corrected chi connectivity index (χ1v) is 57.6. The number of rotatable bonds is 94. The van der Waals surface area contributed by atoms with Crippen LogP contribution in [-0.4, -0.2) is 102 Å². The molecule has 17 heteroatoms. The average molecular weight is 1910 g/mol. The van der Waals surface area contributed by atoms with Gasteiger partial charge in [-0.2, -0.15) is 0 Å². The molecule has 0 radical (unpaired) electrons. The first kappa shape index (κ1) is 119. The summed E-state index contributed by atoms with van der Waals surface area (Å²) in [4.78, 5) is 78.9. The minimum Gasteiger partial charge on any atom is -0.490 e. The molecule has 137 heavy (non-hydrogen) atoms. The smallest absolute Gasteiger partial charge is 0.311 e. The second-order valence-corrected chi connectivity index (χ2v) is 39.6. The average Bonchev–Trinajstić information content (AvgIpc) is 0.724. The molecule has 2 aliphatic carbocycles. The lowest BCUT2D eigenvalue weighted by Crippen LogP contribution is -2.25. The summed E-state index contributed by atoms with van der Waals surface area (Å²) in [6, 6.07) is 6.86. The van der Waals surface area contributed by atoms with Crippen LogP contribution in [0.3, 0.4) is 0 Å². The van der Waals surface area contributed by atoms with Crippen molar-refractivity contribution >= 4 is 29.1 Å². The van der Waals surface area contributed by atoms with Crippen LogP contribution in [0.4, 0.5) is 0 Å². The third kappa shape index (κ3) is 45.3. The Labute approximate surface area is 834 Å². The Bertz CT molecular complexity index is 3880. The Morgan fingerprint density at radius 2 is 0.307 bits per heavy atom. The standard InChI is InChI=1S/C120H196O17/c1-11-21-31-41-57-69-81-126-100-92-96-105(117(134-89-77-65-49-39-29-19-9)113(100)130-85-73-61-45-35-25-15-5)109(122)97-93-101(127-82-70-58-42-32-22-12-2)114(131-86-74-62-46-36-26-16-6)118(106(97)110(96)123)136-91-79-67-55-53-51-52-54-56-68-80-104(121)137-120-108-99(95-103(129-84-72-60-44-34-24-14-4)116(120)133-88-76-64-48-38-28-18-8)111(124)107-98(112(108)125)94-102(128-83-71-59-43-33-23-13-3)115(132-87-75-63-47-37-27-17-7)119(107)135-90-78-66-50-40-30-20-10/h92-95H,11-91H2,1-10H3. The molecule has 0 heterocycles. The zero-order valence-electron chi connectivity index (χ0n) is 89.0. The quantitative estimate of drug-likeness (QED) is 0.0198. The van der Waals surface area contributed by atoms with Gasteiger partial charge in [0, 0.05) is 28.7 Å². The monoisotopic (exact) mass is 1910 g/mol. The molecule has 0 amide bonds. The molecule has 0 aromatic heterocycles. The summed E-state index contributed by atoms with van der Waals surface area (Å²) in [7, 11) is 0. The Balaban J connectivity index is 1.27. The van der Waals surface area contributed by atoms with Gasteiger partial charge in [0.15, 0.2) is 69.1 Å². The number of carbonyl (C=O) groups excluding carboxylic acids is 5. The van der Waals surface area contributed by atoms with Gasteiger partial charge in [-0.25, -0.2) is 0 Å².